The predicted molar refractivity (Wildman–Crippen MR) is 48.5 cm³/mol. The van der Waals surface area contributed by atoms with Crippen molar-refractivity contribution in [3.05, 3.63) is 0 Å². The minimum absolute atomic E-state index is 0.163. The van der Waals surface area contributed by atoms with Crippen molar-refractivity contribution in [2.45, 2.75) is 24.4 Å². The van der Waals surface area contributed by atoms with Gasteiger partial charge in [-0.15, -0.1) is 0 Å². The first-order valence-electron chi connectivity index (χ1n) is 4.45. The summed E-state index contributed by atoms with van der Waals surface area (Å²) in [5, 5.41) is 30.6. The molecule has 4 N–H and O–H groups in total. The Morgan fingerprint density at radius 2 is 1.93 bits per heavy atom. The van der Waals surface area contributed by atoms with Crippen molar-refractivity contribution in [2.75, 3.05) is 20.6 Å². The number of nitrogens with one attached hydrogen (secondary N) is 1. The molecule has 0 spiro atoms. The zero-order chi connectivity index (χ0) is 10.9. The van der Waals surface area contributed by atoms with Crippen LogP contribution in [-0.2, 0) is 4.79 Å². The predicted octanol–water partition coefficient (Wildman–Crippen LogP) is -2.87. The topological polar surface area (TPSA) is 93.0 Å². The van der Waals surface area contributed by atoms with Crippen LogP contribution in [0.4, 0.5) is 0 Å². The van der Waals surface area contributed by atoms with Gasteiger partial charge in [-0.2, -0.15) is 0 Å². The first kappa shape index (κ1) is 11.4. The number of carbonyl (C=O) groups is 1. The van der Waals surface area contributed by atoms with Gasteiger partial charge < -0.3 is 20.6 Å². The van der Waals surface area contributed by atoms with Gasteiger partial charge >= 0.3 is 0 Å². The summed E-state index contributed by atoms with van der Waals surface area (Å²) in [6.07, 6.45) is -3.55. The van der Waals surface area contributed by atoms with Gasteiger partial charge in [0.25, 0.3) is 0 Å². The fourth-order valence-electron chi connectivity index (χ4n) is 1.69. The van der Waals surface area contributed by atoms with Crippen LogP contribution in [0.2, 0.25) is 0 Å². The van der Waals surface area contributed by atoms with E-state index in [-0.39, 0.29) is 12.5 Å². The molecule has 0 aromatic carbocycles. The van der Waals surface area contributed by atoms with Crippen LogP contribution >= 0.6 is 0 Å². The van der Waals surface area contributed by atoms with E-state index in [0.717, 1.165) is 0 Å². The van der Waals surface area contributed by atoms with Crippen LogP contribution < -0.4 is 5.32 Å². The van der Waals surface area contributed by atoms with Crippen LogP contribution in [-0.4, -0.2) is 71.1 Å². The minimum atomic E-state index is -1.27. The van der Waals surface area contributed by atoms with E-state index in [0.29, 0.717) is 0 Å². The maximum atomic E-state index is 11.3. The Morgan fingerprint density at radius 3 is 2.43 bits per heavy atom. The summed E-state index contributed by atoms with van der Waals surface area (Å²) in [5.74, 6) is -0.369. The molecule has 0 aliphatic carbocycles. The smallest absolute Gasteiger partial charge is 0.239 e. The van der Waals surface area contributed by atoms with Crippen LogP contribution in [0.15, 0.2) is 0 Å². The lowest BCUT2D eigenvalue weighted by atomic mass is 9.94. The summed E-state index contributed by atoms with van der Waals surface area (Å²) >= 11 is 0. The van der Waals surface area contributed by atoms with Crippen molar-refractivity contribution in [1.29, 1.82) is 0 Å². The van der Waals surface area contributed by atoms with E-state index in [1.165, 1.54) is 11.9 Å². The largest absolute Gasteiger partial charge is 0.389 e. The van der Waals surface area contributed by atoms with Crippen molar-refractivity contribution in [2.24, 2.45) is 0 Å². The molecule has 1 saturated heterocycles. The summed E-state index contributed by atoms with van der Waals surface area (Å²) < 4.78 is 0. The molecule has 0 aromatic rings. The molecule has 6 nitrogen and oxygen atoms in total. The third kappa shape index (κ3) is 1.88. The zero-order valence-electron chi connectivity index (χ0n) is 8.21. The lowest BCUT2D eigenvalue weighted by Gasteiger charge is -2.40. The molecule has 0 bridgehead atoms. The van der Waals surface area contributed by atoms with Crippen LogP contribution in [0.3, 0.4) is 0 Å². The molecule has 14 heavy (non-hydrogen) atoms. The highest BCUT2D eigenvalue weighted by molar-refractivity contribution is 5.82. The van der Waals surface area contributed by atoms with Crippen molar-refractivity contribution in [1.82, 2.24) is 10.2 Å². The number of nitrogens with zero attached hydrogens (tertiary/aromatic N) is 1. The van der Waals surface area contributed by atoms with Gasteiger partial charge in [0, 0.05) is 13.6 Å². The van der Waals surface area contributed by atoms with Crippen LogP contribution in [0.25, 0.3) is 0 Å². The normalized spacial score (nSPS) is 39.5. The highest BCUT2D eigenvalue weighted by Gasteiger charge is 2.43. The van der Waals surface area contributed by atoms with E-state index in [4.69, 9.17) is 0 Å². The summed E-state index contributed by atoms with van der Waals surface area (Å²) in [5.41, 5.74) is 0. The van der Waals surface area contributed by atoms with Crippen LogP contribution in [0.1, 0.15) is 0 Å². The Bertz CT molecular complexity index is 223. The number of likely N-dealkylation sites (tertiary alicyclic amines) is 1. The Kier molecular flexibility index (Phi) is 3.43. The van der Waals surface area contributed by atoms with E-state index in [9.17, 15) is 20.1 Å². The Labute approximate surface area is 82.1 Å². The number of amides is 1. The lowest BCUT2D eigenvalue weighted by molar-refractivity contribution is -0.154. The molecule has 0 radical (unpaired) electrons. The van der Waals surface area contributed by atoms with Crippen LogP contribution in [0, 0.1) is 0 Å². The Balaban J connectivity index is 2.78. The molecule has 1 fully saturated rings. The van der Waals surface area contributed by atoms with Gasteiger partial charge in [-0.05, 0) is 7.05 Å². The van der Waals surface area contributed by atoms with E-state index in [1.54, 1.807) is 7.05 Å². The Hall–Kier alpha value is -0.690. The molecular weight excluding hydrogens is 188 g/mol. The first-order valence-corrected chi connectivity index (χ1v) is 4.45. The summed E-state index contributed by atoms with van der Waals surface area (Å²) in [7, 11) is 3.07. The molecule has 1 aliphatic rings. The zero-order valence-corrected chi connectivity index (χ0v) is 8.21. The molecule has 1 amide bonds. The van der Waals surface area contributed by atoms with Gasteiger partial charge in [0.15, 0.2) is 0 Å². The fourth-order valence-corrected chi connectivity index (χ4v) is 1.69. The molecule has 4 atom stereocenters. The average molecular weight is 204 g/mol. The number of β-amino-alcohol motifs (C(OH)–C–C–N with tert-alkyl or cyclic N) is 1. The quantitative estimate of drug-likeness (QED) is 0.368. The highest BCUT2D eigenvalue weighted by Crippen LogP contribution is 2.17. The lowest BCUT2D eigenvalue weighted by Crippen LogP contribution is -2.64. The van der Waals surface area contributed by atoms with Crippen LogP contribution in [0.5, 0.6) is 0 Å². The van der Waals surface area contributed by atoms with Gasteiger partial charge in [0.05, 0.1) is 6.10 Å². The molecule has 6 heteroatoms. The summed E-state index contributed by atoms with van der Waals surface area (Å²) in [6, 6.07) is -0.807. The number of piperidine rings is 1. The number of hydrogen-bond acceptors (Lipinski definition) is 5. The minimum Gasteiger partial charge on any atom is -0.389 e. The Morgan fingerprint density at radius 1 is 1.36 bits per heavy atom. The average Bonchev–Trinajstić information content (AvgIpc) is 2.14. The third-order valence-corrected chi connectivity index (χ3v) is 2.53. The second-order valence-electron chi connectivity index (χ2n) is 3.55. The number of aliphatic hydroxyl groups is 3. The van der Waals surface area contributed by atoms with Gasteiger partial charge in [0.1, 0.15) is 18.2 Å². The van der Waals surface area contributed by atoms with Crippen molar-refractivity contribution in [3.8, 4) is 0 Å². The first-order chi connectivity index (χ1) is 6.49. The second kappa shape index (κ2) is 4.22. The van der Waals surface area contributed by atoms with Gasteiger partial charge in [-0.1, -0.05) is 0 Å². The molecule has 4 unspecified atom stereocenters. The van der Waals surface area contributed by atoms with Gasteiger partial charge in [-0.25, -0.2) is 0 Å². The van der Waals surface area contributed by atoms with Gasteiger partial charge in [-0.3, -0.25) is 9.69 Å². The standard InChI is InChI=1S/C8H16N2O4/c1-9-8(14)5-7(13)6(12)4(11)3-10(5)2/h4-7,11-13H,3H2,1-2H3,(H,9,14). The monoisotopic (exact) mass is 204 g/mol. The van der Waals surface area contributed by atoms with E-state index < -0.39 is 24.4 Å². The number of carbonyl (C=O) groups excluding carboxylic acids is 1. The van der Waals surface area contributed by atoms with Crippen molar-refractivity contribution in [3.63, 3.8) is 0 Å². The molecule has 1 rings (SSSR count). The second-order valence-corrected chi connectivity index (χ2v) is 3.55. The van der Waals surface area contributed by atoms with Crippen molar-refractivity contribution >= 4 is 5.91 Å². The fraction of sp³-hybridized carbons (Fsp3) is 0.875. The molecule has 1 aliphatic heterocycles. The molecule has 82 valence electrons. The van der Waals surface area contributed by atoms with Crippen molar-refractivity contribution < 1.29 is 20.1 Å². The number of likely N-dealkylation sites (N-methyl/N-ethyl adjacent to an activating group) is 2. The number of hydrogen-bond donors (Lipinski definition) is 4. The number of aliphatic hydroxyl groups excluding tert-OH is 3. The van der Waals surface area contributed by atoms with E-state index in [1.807, 2.05) is 0 Å². The maximum Gasteiger partial charge on any atom is 0.239 e. The van der Waals surface area contributed by atoms with Gasteiger partial charge in [0.2, 0.25) is 5.91 Å². The molecular formula is C8H16N2O4. The highest BCUT2D eigenvalue weighted by atomic mass is 16.4. The maximum absolute atomic E-state index is 11.3. The number of rotatable bonds is 1. The SMILES string of the molecule is CNC(=O)C1C(O)C(O)C(O)CN1C. The molecule has 1 heterocycles. The third-order valence-electron chi connectivity index (χ3n) is 2.53. The molecule has 0 saturated carbocycles. The van der Waals surface area contributed by atoms with E-state index >= 15 is 0 Å². The summed E-state index contributed by atoms with van der Waals surface area (Å²) in [4.78, 5) is 12.8. The summed E-state index contributed by atoms with van der Waals surface area (Å²) in [6.45, 7) is 0.163. The molecule has 0 aromatic heterocycles. The van der Waals surface area contributed by atoms with E-state index in [2.05, 4.69) is 5.32 Å².